The van der Waals surface area contributed by atoms with Gasteiger partial charge in [-0.1, -0.05) is 32.4 Å². The molecule has 5 heteroatoms. The zero-order valence-corrected chi connectivity index (χ0v) is 15.4. The number of hydrogen-bond acceptors (Lipinski definition) is 3. The molecule has 1 atom stereocenters. The molecule has 0 saturated heterocycles. The highest BCUT2D eigenvalue weighted by molar-refractivity contribution is 5.80. The molecule has 5 nitrogen and oxygen atoms in total. The molecule has 2 aromatic rings. The summed E-state index contributed by atoms with van der Waals surface area (Å²) < 4.78 is 1.62. The Kier molecular flexibility index (Phi) is 5.21. The Morgan fingerprint density at radius 3 is 2.64 bits per heavy atom. The van der Waals surface area contributed by atoms with Gasteiger partial charge in [-0.15, -0.1) is 0 Å². The van der Waals surface area contributed by atoms with Crippen LogP contribution in [-0.4, -0.2) is 26.9 Å². The van der Waals surface area contributed by atoms with Crippen LogP contribution in [0.4, 0.5) is 0 Å². The zero-order chi connectivity index (χ0) is 18.0. The summed E-state index contributed by atoms with van der Waals surface area (Å²) in [5.74, 6) is 1.06. The number of amides is 1. The van der Waals surface area contributed by atoms with Gasteiger partial charge in [0, 0.05) is 19.5 Å². The van der Waals surface area contributed by atoms with Gasteiger partial charge in [-0.25, -0.2) is 4.98 Å². The lowest BCUT2D eigenvalue weighted by molar-refractivity contribution is -0.141. The first-order valence-corrected chi connectivity index (χ1v) is 9.34. The summed E-state index contributed by atoms with van der Waals surface area (Å²) in [4.78, 5) is 32.4. The first kappa shape index (κ1) is 17.6. The van der Waals surface area contributed by atoms with Gasteiger partial charge in [0.25, 0.3) is 5.56 Å². The summed E-state index contributed by atoms with van der Waals surface area (Å²) in [5.41, 5.74) is 0.651. The average Bonchev–Trinajstić information content (AvgIpc) is 2.57. The van der Waals surface area contributed by atoms with Gasteiger partial charge < -0.3 is 4.90 Å². The second-order valence-electron chi connectivity index (χ2n) is 6.93. The molecule has 1 aromatic heterocycles. The topological polar surface area (TPSA) is 55.2 Å². The van der Waals surface area contributed by atoms with Crippen molar-refractivity contribution in [2.24, 2.45) is 13.0 Å². The van der Waals surface area contributed by atoms with Crippen LogP contribution < -0.4 is 5.56 Å². The fraction of sp³-hybridized carbons (Fsp3) is 0.550. The summed E-state index contributed by atoms with van der Waals surface area (Å²) in [6, 6.07) is 7.26. The molecule has 1 fully saturated rings. The van der Waals surface area contributed by atoms with Crippen LogP contribution in [0.2, 0.25) is 0 Å². The molecule has 3 rings (SSSR count). The number of rotatable bonds is 6. The molecule has 134 valence electrons. The molecule has 1 heterocycles. The van der Waals surface area contributed by atoms with Gasteiger partial charge in [-0.2, -0.15) is 0 Å². The maximum absolute atomic E-state index is 13.0. The molecule has 0 radical (unpaired) electrons. The smallest absolute Gasteiger partial charge is 0.261 e. The number of benzene rings is 1. The highest BCUT2D eigenvalue weighted by Gasteiger charge is 2.34. The minimum Gasteiger partial charge on any atom is -0.332 e. The predicted molar refractivity (Wildman–Crippen MR) is 99.4 cm³/mol. The third-order valence-electron chi connectivity index (χ3n) is 5.28. The summed E-state index contributed by atoms with van der Waals surface area (Å²) in [6.07, 6.45) is 4.76. The van der Waals surface area contributed by atoms with Gasteiger partial charge in [-0.3, -0.25) is 14.2 Å². The molecule has 25 heavy (non-hydrogen) atoms. The molecule has 1 saturated carbocycles. The van der Waals surface area contributed by atoms with Crippen molar-refractivity contribution in [3.8, 4) is 0 Å². The first-order chi connectivity index (χ1) is 12.1. The molecule has 0 bridgehead atoms. The van der Waals surface area contributed by atoms with Crippen LogP contribution in [0.15, 0.2) is 29.1 Å². The lowest BCUT2D eigenvalue weighted by Crippen LogP contribution is -2.43. The van der Waals surface area contributed by atoms with E-state index in [0.717, 1.165) is 32.1 Å². The van der Waals surface area contributed by atoms with Gasteiger partial charge in [0.15, 0.2) is 0 Å². The second kappa shape index (κ2) is 7.38. The minimum absolute atomic E-state index is 0.0495. The minimum atomic E-state index is -0.157. The Balaban J connectivity index is 2.06. The number of carbonyl (C=O) groups is 1. The van der Waals surface area contributed by atoms with E-state index in [4.69, 9.17) is 4.98 Å². The van der Waals surface area contributed by atoms with E-state index in [-0.39, 0.29) is 23.4 Å². The van der Waals surface area contributed by atoms with Crippen molar-refractivity contribution in [1.29, 1.82) is 0 Å². The Bertz CT molecular complexity index is 823. The second-order valence-corrected chi connectivity index (χ2v) is 6.93. The molecule has 1 aliphatic carbocycles. The number of aromatic nitrogens is 2. The van der Waals surface area contributed by atoms with Crippen molar-refractivity contribution >= 4 is 16.8 Å². The third kappa shape index (κ3) is 3.20. The standard InChI is InChI=1S/C20H27N3O2/c1-4-13-23(19(24)14-9-8-10-14)17(5-2)18-21-16-12-7-6-11-15(16)20(25)22(18)3/h6-7,11-12,14,17H,4-5,8-10,13H2,1-3H3. The number of nitrogens with zero attached hydrogens (tertiary/aromatic N) is 3. The van der Waals surface area contributed by atoms with Gasteiger partial charge in [0.2, 0.25) is 5.91 Å². The quantitative estimate of drug-likeness (QED) is 0.809. The molecule has 1 unspecified atom stereocenters. The van der Waals surface area contributed by atoms with Crippen molar-refractivity contribution in [3.05, 3.63) is 40.4 Å². The Morgan fingerprint density at radius 2 is 2.04 bits per heavy atom. The van der Waals surface area contributed by atoms with E-state index in [1.165, 1.54) is 0 Å². The lowest BCUT2D eigenvalue weighted by Gasteiger charge is -2.36. The van der Waals surface area contributed by atoms with Gasteiger partial charge >= 0.3 is 0 Å². The predicted octanol–water partition coefficient (Wildman–Crippen LogP) is 3.42. The van der Waals surface area contributed by atoms with Gasteiger partial charge in [-0.05, 0) is 37.8 Å². The fourth-order valence-electron chi connectivity index (χ4n) is 3.63. The number of para-hydroxylation sites is 1. The van der Waals surface area contributed by atoms with Crippen LogP contribution in [0.1, 0.15) is 57.8 Å². The molecule has 1 aromatic carbocycles. The van der Waals surface area contributed by atoms with Crippen molar-refractivity contribution < 1.29 is 4.79 Å². The van der Waals surface area contributed by atoms with Crippen molar-refractivity contribution in [3.63, 3.8) is 0 Å². The average molecular weight is 341 g/mol. The van der Waals surface area contributed by atoms with Crippen LogP contribution in [0, 0.1) is 5.92 Å². The van der Waals surface area contributed by atoms with E-state index < -0.39 is 0 Å². The monoisotopic (exact) mass is 341 g/mol. The number of carbonyl (C=O) groups excluding carboxylic acids is 1. The van der Waals surface area contributed by atoms with E-state index in [2.05, 4.69) is 13.8 Å². The summed E-state index contributed by atoms with van der Waals surface area (Å²) in [6.45, 7) is 4.85. The van der Waals surface area contributed by atoms with Crippen molar-refractivity contribution in [2.45, 2.75) is 52.0 Å². The summed E-state index contributed by atoms with van der Waals surface area (Å²) >= 11 is 0. The SMILES string of the molecule is CCCN(C(=O)C1CCC1)C(CC)c1nc2ccccc2c(=O)n1C. The molecule has 0 aliphatic heterocycles. The zero-order valence-electron chi connectivity index (χ0n) is 15.4. The molecule has 1 aliphatic rings. The lowest BCUT2D eigenvalue weighted by atomic mass is 9.84. The molecule has 1 amide bonds. The normalized spacial score (nSPS) is 15.8. The van der Waals surface area contributed by atoms with E-state index in [0.29, 0.717) is 23.3 Å². The highest BCUT2D eigenvalue weighted by Crippen LogP contribution is 2.32. The molecule has 0 N–H and O–H groups in total. The fourth-order valence-corrected chi connectivity index (χ4v) is 3.63. The Labute approximate surface area is 148 Å². The summed E-state index contributed by atoms with van der Waals surface area (Å²) in [7, 11) is 1.76. The molecular formula is C20H27N3O2. The molecular weight excluding hydrogens is 314 g/mol. The third-order valence-corrected chi connectivity index (χ3v) is 5.28. The van der Waals surface area contributed by atoms with Crippen LogP contribution in [0.25, 0.3) is 10.9 Å². The summed E-state index contributed by atoms with van der Waals surface area (Å²) in [5, 5.41) is 0.621. The first-order valence-electron chi connectivity index (χ1n) is 9.34. The maximum Gasteiger partial charge on any atom is 0.261 e. The van der Waals surface area contributed by atoms with E-state index in [1.54, 1.807) is 17.7 Å². The Hall–Kier alpha value is -2.17. The van der Waals surface area contributed by atoms with Crippen molar-refractivity contribution in [2.75, 3.05) is 6.54 Å². The van der Waals surface area contributed by atoms with E-state index in [1.807, 2.05) is 23.1 Å². The van der Waals surface area contributed by atoms with Crippen LogP contribution >= 0.6 is 0 Å². The Morgan fingerprint density at radius 1 is 1.32 bits per heavy atom. The number of fused-ring (bicyclic) bond motifs is 1. The number of hydrogen-bond donors (Lipinski definition) is 0. The highest BCUT2D eigenvalue weighted by atomic mass is 16.2. The van der Waals surface area contributed by atoms with Crippen LogP contribution in [0.5, 0.6) is 0 Å². The van der Waals surface area contributed by atoms with Crippen molar-refractivity contribution in [1.82, 2.24) is 14.5 Å². The van der Waals surface area contributed by atoms with Gasteiger partial charge in [0.1, 0.15) is 5.82 Å². The van der Waals surface area contributed by atoms with E-state index in [9.17, 15) is 9.59 Å². The largest absolute Gasteiger partial charge is 0.332 e. The van der Waals surface area contributed by atoms with E-state index >= 15 is 0 Å². The van der Waals surface area contributed by atoms with Crippen LogP contribution in [-0.2, 0) is 11.8 Å². The van der Waals surface area contributed by atoms with Crippen LogP contribution in [0.3, 0.4) is 0 Å². The maximum atomic E-state index is 13.0. The molecule has 0 spiro atoms. The van der Waals surface area contributed by atoms with Gasteiger partial charge in [0.05, 0.1) is 16.9 Å².